The maximum atomic E-state index is 12.3. The number of carbonyl (C=O) groups excluding carboxylic acids is 1. The average Bonchev–Trinajstić information content (AvgIpc) is 2.65. The minimum absolute atomic E-state index is 0.149. The highest BCUT2D eigenvalue weighted by molar-refractivity contribution is 6.04. The third-order valence-corrected chi connectivity index (χ3v) is 3.76. The summed E-state index contributed by atoms with van der Waals surface area (Å²) in [6.07, 6.45) is 2.51. The molecule has 25 heavy (non-hydrogen) atoms. The number of hydrogen-bond donors (Lipinski definition) is 2. The zero-order valence-electron chi connectivity index (χ0n) is 14.4. The molecular formula is C20H23N3O2. The monoisotopic (exact) mass is 337 g/mol. The molecule has 0 aliphatic carbocycles. The normalized spacial score (nSPS) is 10.1. The highest BCUT2D eigenvalue weighted by Gasteiger charge is 2.06. The van der Waals surface area contributed by atoms with E-state index in [0.29, 0.717) is 12.0 Å². The van der Waals surface area contributed by atoms with Gasteiger partial charge in [0.15, 0.2) is 0 Å². The van der Waals surface area contributed by atoms with Gasteiger partial charge in [0, 0.05) is 24.2 Å². The fraction of sp³-hybridized carbons (Fsp3) is 0.300. The summed E-state index contributed by atoms with van der Waals surface area (Å²) in [6.45, 7) is 1.61. The van der Waals surface area contributed by atoms with Crippen LogP contribution in [0.3, 0.4) is 0 Å². The van der Waals surface area contributed by atoms with Gasteiger partial charge in [-0.15, -0.1) is 0 Å². The molecule has 0 bridgehead atoms. The van der Waals surface area contributed by atoms with Gasteiger partial charge in [-0.2, -0.15) is 5.26 Å². The Bertz CT molecular complexity index is 720. The lowest BCUT2D eigenvalue weighted by Crippen LogP contribution is -2.15. The maximum absolute atomic E-state index is 12.3. The van der Waals surface area contributed by atoms with E-state index in [1.807, 2.05) is 24.3 Å². The van der Waals surface area contributed by atoms with Gasteiger partial charge in [0.05, 0.1) is 13.2 Å². The molecule has 0 heterocycles. The highest BCUT2D eigenvalue weighted by Crippen LogP contribution is 2.15. The van der Waals surface area contributed by atoms with Gasteiger partial charge in [0.2, 0.25) is 0 Å². The smallest absolute Gasteiger partial charge is 0.255 e. The van der Waals surface area contributed by atoms with Crippen LogP contribution in [0.5, 0.6) is 5.75 Å². The molecule has 0 fully saturated rings. The van der Waals surface area contributed by atoms with Crippen LogP contribution < -0.4 is 15.4 Å². The van der Waals surface area contributed by atoms with Gasteiger partial charge >= 0.3 is 0 Å². The first-order valence-electron chi connectivity index (χ1n) is 8.35. The molecule has 0 radical (unpaired) electrons. The van der Waals surface area contributed by atoms with Gasteiger partial charge < -0.3 is 15.4 Å². The third kappa shape index (κ3) is 6.28. The van der Waals surface area contributed by atoms with Crippen molar-refractivity contribution in [3.63, 3.8) is 0 Å². The van der Waals surface area contributed by atoms with E-state index in [9.17, 15) is 4.79 Å². The lowest BCUT2D eigenvalue weighted by molar-refractivity contribution is 0.102. The van der Waals surface area contributed by atoms with Crippen LogP contribution in [-0.4, -0.2) is 19.6 Å². The van der Waals surface area contributed by atoms with Gasteiger partial charge in [0.1, 0.15) is 5.75 Å². The van der Waals surface area contributed by atoms with Crippen LogP contribution in [0.2, 0.25) is 0 Å². The Kier molecular flexibility index (Phi) is 7.48. The van der Waals surface area contributed by atoms with E-state index >= 15 is 0 Å². The van der Waals surface area contributed by atoms with E-state index in [1.165, 1.54) is 0 Å². The molecule has 0 aliphatic rings. The third-order valence-electron chi connectivity index (χ3n) is 3.76. The standard InChI is InChI=1S/C20H23N3O2/c1-25-19-10-8-17(9-11-19)20(24)23-18-7-5-6-16(14-18)15-22-13-4-2-3-12-21/h5-11,14,22H,2-4,13,15H2,1H3,(H,23,24). The number of methoxy groups -OCH3 is 1. The predicted molar refractivity (Wildman–Crippen MR) is 98.6 cm³/mol. The molecule has 0 aliphatic heterocycles. The summed E-state index contributed by atoms with van der Waals surface area (Å²) in [5.41, 5.74) is 2.46. The average molecular weight is 337 g/mol. The quantitative estimate of drug-likeness (QED) is 0.684. The first-order valence-corrected chi connectivity index (χ1v) is 8.35. The van der Waals surface area contributed by atoms with E-state index in [-0.39, 0.29) is 5.91 Å². The molecule has 0 spiro atoms. The van der Waals surface area contributed by atoms with Crippen LogP contribution in [0.4, 0.5) is 5.69 Å². The van der Waals surface area contributed by atoms with E-state index in [1.54, 1.807) is 31.4 Å². The van der Waals surface area contributed by atoms with E-state index in [4.69, 9.17) is 10.00 Å². The minimum Gasteiger partial charge on any atom is -0.497 e. The number of amides is 1. The highest BCUT2D eigenvalue weighted by atomic mass is 16.5. The van der Waals surface area contributed by atoms with Gasteiger partial charge in [0.25, 0.3) is 5.91 Å². The number of unbranched alkanes of at least 4 members (excludes halogenated alkanes) is 2. The SMILES string of the molecule is COc1ccc(C(=O)Nc2cccc(CNCCCCC#N)c2)cc1. The minimum atomic E-state index is -0.149. The van der Waals surface area contributed by atoms with Crippen LogP contribution in [0, 0.1) is 11.3 Å². The molecule has 1 amide bonds. The topological polar surface area (TPSA) is 74.2 Å². The Hall–Kier alpha value is -2.84. The van der Waals surface area contributed by atoms with Crippen molar-refractivity contribution in [2.45, 2.75) is 25.8 Å². The maximum Gasteiger partial charge on any atom is 0.255 e. The number of benzene rings is 2. The van der Waals surface area contributed by atoms with Crippen LogP contribution in [0.15, 0.2) is 48.5 Å². The van der Waals surface area contributed by atoms with Crippen molar-refractivity contribution in [1.82, 2.24) is 5.32 Å². The summed E-state index contributed by atoms with van der Waals surface area (Å²) < 4.78 is 5.10. The number of nitrogens with one attached hydrogen (secondary N) is 2. The molecule has 0 unspecified atom stereocenters. The summed E-state index contributed by atoms with van der Waals surface area (Å²) in [6, 6.07) is 16.9. The second-order valence-corrected chi connectivity index (χ2v) is 5.68. The van der Waals surface area contributed by atoms with Gasteiger partial charge in [-0.05, 0) is 61.3 Å². The molecule has 2 N–H and O–H groups in total. The van der Waals surface area contributed by atoms with Gasteiger partial charge in [-0.25, -0.2) is 0 Å². The van der Waals surface area contributed by atoms with E-state index < -0.39 is 0 Å². The zero-order chi connectivity index (χ0) is 17.9. The summed E-state index contributed by atoms with van der Waals surface area (Å²) in [7, 11) is 1.60. The number of anilines is 1. The number of rotatable bonds is 9. The molecule has 2 rings (SSSR count). The molecule has 2 aromatic rings. The fourth-order valence-electron chi connectivity index (χ4n) is 2.39. The number of hydrogen-bond acceptors (Lipinski definition) is 4. The summed E-state index contributed by atoms with van der Waals surface area (Å²) in [4.78, 5) is 12.3. The van der Waals surface area contributed by atoms with Crippen molar-refractivity contribution < 1.29 is 9.53 Å². The number of nitrogens with zero attached hydrogens (tertiary/aromatic N) is 1. The number of carbonyl (C=O) groups is 1. The predicted octanol–water partition coefficient (Wildman–Crippen LogP) is 3.73. The van der Waals surface area contributed by atoms with E-state index in [2.05, 4.69) is 16.7 Å². The lowest BCUT2D eigenvalue weighted by Gasteiger charge is -2.09. The molecule has 2 aromatic carbocycles. The van der Waals surface area contributed by atoms with Crippen molar-refractivity contribution >= 4 is 11.6 Å². The Morgan fingerprint density at radius 2 is 1.96 bits per heavy atom. The first-order chi connectivity index (χ1) is 12.2. The van der Waals surface area contributed by atoms with Crippen molar-refractivity contribution in [3.8, 4) is 11.8 Å². The Morgan fingerprint density at radius 3 is 2.68 bits per heavy atom. The second-order valence-electron chi connectivity index (χ2n) is 5.68. The largest absolute Gasteiger partial charge is 0.497 e. The summed E-state index contributed by atoms with van der Waals surface area (Å²) >= 11 is 0. The van der Waals surface area contributed by atoms with Crippen molar-refractivity contribution in [1.29, 1.82) is 5.26 Å². The molecule has 130 valence electrons. The lowest BCUT2D eigenvalue weighted by atomic mass is 10.1. The molecular weight excluding hydrogens is 314 g/mol. The Morgan fingerprint density at radius 1 is 1.16 bits per heavy atom. The Labute approximate surface area is 148 Å². The zero-order valence-corrected chi connectivity index (χ0v) is 14.4. The second kappa shape index (κ2) is 10.1. The molecule has 0 saturated heterocycles. The van der Waals surface area contributed by atoms with Gasteiger partial charge in [-0.1, -0.05) is 12.1 Å². The molecule has 5 nitrogen and oxygen atoms in total. The van der Waals surface area contributed by atoms with Crippen LogP contribution in [0.25, 0.3) is 0 Å². The molecule has 0 saturated carbocycles. The van der Waals surface area contributed by atoms with Crippen molar-refractivity contribution in [3.05, 3.63) is 59.7 Å². The molecule has 5 heteroatoms. The van der Waals surface area contributed by atoms with Crippen molar-refractivity contribution in [2.24, 2.45) is 0 Å². The van der Waals surface area contributed by atoms with Crippen molar-refractivity contribution in [2.75, 3.05) is 19.0 Å². The Balaban J connectivity index is 1.85. The number of nitriles is 1. The van der Waals surface area contributed by atoms with E-state index in [0.717, 1.165) is 42.9 Å². The molecule has 0 aromatic heterocycles. The van der Waals surface area contributed by atoms with Gasteiger partial charge in [-0.3, -0.25) is 4.79 Å². The van der Waals surface area contributed by atoms with Crippen LogP contribution in [0.1, 0.15) is 35.2 Å². The first kappa shape index (κ1) is 18.5. The summed E-state index contributed by atoms with van der Waals surface area (Å²) in [5.74, 6) is 0.573. The molecule has 0 atom stereocenters. The number of ether oxygens (including phenoxy) is 1. The fourth-order valence-corrected chi connectivity index (χ4v) is 2.39. The van der Waals surface area contributed by atoms with Crippen LogP contribution in [-0.2, 0) is 6.54 Å². The van der Waals surface area contributed by atoms with Crippen LogP contribution >= 0.6 is 0 Å². The summed E-state index contributed by atoms with van der Waals surface area (Å²) in [5, 5.41) is 14.8.